The molecule has 2 aliphatic rings. The number of anilines is 1. The van der Waals surface area contributed by atoms with E-state index in [0.717, 1.165) is 17.3 Å². The number of esters is 1. The van der Waals surface area contributed by atoms with Gasteiger partial charge in [0.1, 0.15) is 16.8 Å². The lowest BCUT2D eigenvalue weighted by Gasteiger charge is -2.32. The van der Waals surface area contributed by atoms with Crippen LogP contribution < -0.4 is 15.8 Å². The zero-order valence-corrected chi connectivity index (χ0v) is 20.7. The average Bonchev–Trinajstić information content (AvgIpc) is 3.19. The number of ether oxygens (including phenoxy) is 2. The van der Waals surface area contributed by atoms with Gasteiger partial charge in [-0.15, -0.1) is 0 Å². The van der Waals surface area contributed by atoms with Gasteiger partial charge in [-0.2, -0.15) is 5.26 Å². The highest BCUT2D eigenvalue weighted by Gasteiger charge is 2.48. The Hall–Kier alpha value is -4.23. The SMILES string of the molecule is COC(=O)C[C@@H]1SC2=C(C(=O)Nc3cccc(C)c3)[C@H](c3cccc(OC)c3)C(C#N)=C(N)N2C1=O. The van der Waals surface area contributed by atoms with Gasteiger partial charge in [0.25, 0.3) is 5.91 Å². The summed E-state index contributed by atoms with van der Waals surface area (Å²) in [7, 11) is 2.75. The van der Waals surface area contributed by atoms with Crippen molar-refractivity contribution in [3.05, 3.63) is 81.7 Å². The van der Waals surface area contributed by atoms with Crippen molar-refractivity contribution in [3.8, 4) is 11.8 Å². The number of allylic oxidation sites excluding steroid dienone is 1. The Bertz CT molecular complexity index is 1360. The fourth-order valence-corrected chi connectivity index (χ4v) is 5.55. The number of methoxy groups -OCH3 is 2. The van der Waals surface area contributed by atoms with Gasteiger partial charge in [-0.1, -0.05) is 36.0 Å². The lowest BCUT2D eigenvalue weighted by Crippen LogP contribution is -2.39. The first-order valence-electron chi connectivity index (χ1n) is 11.0. The number of carbonyl (C=O) groups excluding carboxylic acids is 3. The number of nitrogens with one attached hydrogen (secondary N) is 1. The number of nitrogens with zero attached hydrogens (tertiary/aromatic N) is 2. The number of benzene rings is 2. The summed E-state index contributed by atoms with van der Waals surface area (Å²) in [6.07, 6.45) is -0.203. The molecule has 9 nitrogen and oxygen atoms in total. The Labute approximate surface area is 212 Å². The molecule has 3 N–H and O–H groups in total. The molecule has 2 heterocycles. The van der Waals surface area contributed by atoms with Crippen molar-refractivity contribution in [1.82, 2.24) is 4.90 Å². The molecule has 184 valence electrons. The minimum atomic E-state index is -0.863. The largest absolute Gasteiger partial charge is 0.497 e. The van der Waals surface area contributed by atoms with Crippen molar-refractivity contribution < 1.29 is 23.9 Å². The summed E-state index contributed by atoms with van der Waals surface area (Å²) in [5, 5.41) is 12.4. The maximum atomic E-state index is 13.8. The van der Waals surface area contributed by atoms with Crippen molar-refractivity contribution in [2.24, 2.45) is 5.73 Å². The van der Waals surface area contributed by atoms with E-state index in [0.29, 0.717) is 17.0 Å². The van der Waals surface area contributed by atoms with Crippen molar-refractivity contribution in [2.75, 3.05) is 19.5 Å². The van der Waals surface area contributed by atoms with Gasteiger partial charge < -0.3 is 20.5 Å². The van der Waals surface area contributed by atoms with E-state index in [1.54, 1.807) is 30.3 Å². The van der Waals surface area contributed by atoms with Crippen LogP contribution in [0, 0.1) is 18.3 Å². The van der Waals surface area contributed by atoms with E-state index in [1.807, 2.05) is 25.1 Å². The minimum Gasteiger partial charge on any atom is -0.497 e. The molecule has 0 unspecified atom stereocenters. The molecule has 36 heavy (non-hydrogen) atoms. The molecule has 2 aromatic carbocycles. The molecule has 2 atom stereocenters. The van der Waals surface area contributed by atoms with Crippen molar-refractivity contribution >= 4 is 35.2 Å². The first-order chi connectivity index (χ1) is 17.3. The summed E-state index contributed by atoms with van der Waals surface area (Å²) in [6.45, 7) is 1.90. The average molecular weight is 505 g/mol. The minimum absolute atomic E-state index is 0.0501. The second kappa shape index (κ2) is 10.2. The quantitative estimate of drug-likeness (QED) is 0.573. The van der Waals surface area contributed by atoms with E-state index in [9.17, 15) is 19.6 Å². The Morgan fingerprint density at radius 2 is 1.94 bits per heavy atom. The highest BCUT2D eigenvalue weighted by Crippen LogP contribution is 2.50. The molecule has 1 saturated heterocycles. The van der Waals surface area contributed by atoms with Gasteiger partial charge in [-0.25, -0.2) is 0 Å². The Morgan fingerprint density at radius 3 is 2.61 bits per heavy atom. The van der Waals surface area contributed by atoms with Gasteiger partial charge in [-0.3, -0.25) is 19.3 Å². The first-order valence-corrected chi connectivity index (χ1v) is 11.9. The summed E-state index contributed by atoms with van der Waals surface area (Å²) < 4.78 is 10.1. The van der Waals surface area contributed by atoms with Crippen LogP contribution in [0.3, 0.4) is 0 Å². The number of hydrogen-bond acceptors (Lipinski definition) is 8. The van der Waals surface area contributed by atoms with Gasteiger partial charge in [0, 0.05) is 5.69 Å². The Morgan fingerprint density at radius 1 is 1.19 bits per heavy atom. The predicted molar refractivity (Wildman–Crippen MR) is 134 cm³/mol. The fraction of sp³-hybridized carbons (Fsp3) is 0.231. The summed E-state index contributed by atoms with van der Waals surface area (Å²) >= 11 is 1.06. The zero-order valence-electron chi connectivity index (χ0n) is 19.9. The molecule has 0 aliphatic carbocycles. The Balaban J connectivity index is 1.89. The third-order valence-corrected chi connectivity index (χ3v) is 7.20. The van der Waals surface area contributed by atoms with Crippen molar-refractivity contribution in [3.63, 3.8) is 0 Å². The van der Waals surface area contributed by atoms with Crippen molar-refractivity contribution in [1.29, 1.82) is 5.26 Å². The van der Waals surface area contributed by atoms with Gasteiger partial charge >= 0.3 is 5.97 Å². The zero-order chi connectivity index (χ0) is 26.0. The molecule has 2 aliphatic heterocycles. The van der Waals surface area contributed by atoms with Gasteiger partial charge in [0.2, 0.25) is 5.91 Å². The van der Waals surface area contributed by atoms with Crippen molar-refractivity contribution in [2.45, 2.75) is 24.5 Å². The number of carbonyl (C=O) groups is 3. The van der Waals surface area contributed by atoms with E-state index in [-0.39, 0.29) is 28.4 Å². The van der Waals surface area contributed by atoms with Crippen LogP contribution in [0.2, 0.25) is 0 Å². The van der Waals surface area contributed by atoms with Crippen LogP contribution in [0.4, 0.5) is 5.69 Å². The van der Waals surface area contributed by atoms with Crippen LogP contribution in [0.15, 0.2) is 70.5 Å². The monoisotopic (exact) mass is 504 g/mol. The van der Waals surface area contributed by atoms with E-state index in [1.165, 1.54) is 19.1 Å². The normalized spacial score (nSPS) is 19.1. The molecule has 10 heteroatoms. The highest BCUT2D eigenvalue weighted by molar-refractivity contribution is 8.04. The van der Waals surface area contributed by atoms with Crippen LogP contribution in [0.25, 0.3) is 0 Å². The number of hydrogen-bond donors (Lipinski definition) is 2. The number of nitriles is 1. The molecule has 0 bridgehead atoms. The molecule has 0 spiro atoms. The topological polar surface area (TPSA) is 135 Å². The van der Waals surface area contributed by atoms with Gasteiger partial charge in [0.15, 0.2) is 0 Å². The molecular formula is C26H24N4O5S. The van der Waals surface area contributed by atoms with Gasteiger partial charge in [-0.05, 0) is 42.3 Å². The molecule has 2 aromatic rings. The molecule has 0 saturated carbocycles. The summed E-state index contributed by atoms with van der Waals surface area (Å²) in [4.78, 5) is 40.2. The lowest BCUT2D eigenvalue weighted by molar-refractivity contribution is -0.142. The second-order valence-corrected chi connectivity index (χ2v) is 9.41. The predicted octanol–water partition coefficient (Wildman–Crippen LogP) is 3.15. The number of rotatable bonds is 6. The molecule has 1 fully saturated rings. The molecular weight excluding hydrogens is 480 g/mol. The molecule has 2 amide bonds. The number of amides is 2. The van der Waals surface area contributed by atoms with Crippen LogP contribution >= 0.6 is 11.8 Å². The summed E-state index contributed by atoms with van der Waals surface area (Å²) in [5.74, 6) is -1.95. The van der Waals surface area contributed by atoms with Crippen LogP contribution in [0.1, 0.15) is 23.5 Å². The summed E-state index contributed by atoms with van der Waals surface area (Å²) in [5.41, 5.74) is 8.70. The third-order valence-electron chi connectivity index (χ3n) is 5.93. The number of nitrogens with two attached hydrogens (primary N) is 1. The molecule has 4 rings (SSSR count). The molecule has 0 radical (unpaired) electrons. The van der Waals surface area contributed by atoms with E-state index >= 15 is 0 Å². The third kappa shape index (κ3) is 4.53. The van der Waals surface area contributed by atoms with E-state index in [4.69, 9.17) is 15.2 Å². The highest BCUT2D eigenvalue weighted by atomic mass is 32.2. The fourth-order valence-electron chi connectivity index (χ4n) is 4.22. The maximum absolute atomic E-state index is 13.8. The second-order valence-electron chi connectivity index (χ2n) is 8.22. The Kier molecular flexibility index (Phi) is 7.03. The van der Waals surface area contributed by atoms with Crippen LogP contribution in [0.5, 0.6) is 5.75 Å². The van der Waals surface area contributed by atoms with Crippen LogP contribution in [-0.2, 0) is 19.1 Å². The number of thioether (sulfide) groups is 1. The van der Waals surface area contributed by atoms with Crippen LogP contribution in [-0.4, -0.2) is 42.2 Å². The number of fused-ring (bicyclic) bond motifs is 1. The smallest absolute Gasteiger partial charge is 0.307 e. The van der Waals surface area contributed by atoms with E-state index < -0.39 is 29.0 Å². The molecule has 0 aromatic heterocycles. The maximum Gasteiger partial charge on any atom is 0.307 e. The first kappa shape index (κ1) is 24.9. The van der Waals surface area contributed by atoms with E-state index in [2.05, 4.69) is 11.4 Å². The number of aryl methyl sites for hydroxylation is 1. The summed E-state index contributed by atoms with van der Waals surface area (Å²) in [6, 6.07) is 16.4. The lowest BCUT2D eigenvalue weighted by atomic mass is 9.82. The van der Waals surface area contributed by atoms with Gasteiger partial charge in [0.05, 0.1) is 48.8 Å². The standard InChI is InChI=1S/C26H24N4O5S/c1-14-6-4-8-16(10-14)29-24(32)22-21(15-7-5-9-17(11-15)34-2)18(13-27)23(28)30-25(33)19(36-26(22)30)12-20(31)35-3/h4-11,19,21H,12,28H2,1-3H3,(H,29,32)/t19-,21+/m0/s1.